The summed E-state index contributed by atoms with van der Waals surface area (Å²) in [5.41, 5.74) is 1.26. The first-order valence-electron chi connectivity index (χ1n) is 5.50. The normalized spacial score (nSPS) is 14.9. The van der Waals surface area contributed by atoms with E-state index in [1.165, 1.54) is 6.07 Å². The van der Waals surface area contributed by atoms with Gasteiger partial charge in [0.25, 0.3) is 0 Å². The van der Waals surface area contributed by atoms with Crippen LogP contribution in [0.3, 0.4) is 0 Å². The number of rotatable bonds is 3. The maximum absolute atomic E-state index is 13.1. The monoisotopic (exact) mass is 235 g/mol. The van der Waals surface area contributed by atoms with Crippen molar-refractivity contribution in [2.24, 2.45) is 0 Å². The molecule has 1 aromatic heterocycles. The van der Waals surface area contributed by atoms with Gasteiger partial charge in [-0.3, -0.25) is 5.10 Å². The Morgan fingerprint density at radius 3 is 2.71 bits per heavy atom. The molecule has 0 radical (unpaired) electrons. The fourth-order valence-electron chi connectivity index (χ4n) is 1.64. The molecule has 0 bridgehead atoms. The molecule has 0 atom stereocenters. The Balaban J connectivity index is 1.86. The van der Waals surface area contributed by atoms with E-state index in [1.54, 1.807) is 6.07 Å². The number of aromatic nitrogens is 2. The highest BCUT2D eigenvalue weighted by Crippen LogP contribution is 2.26. The van der Waals surface area contributed by atoms with E-state index in [-0.39, 0.29) is 0 Å². The Bertz CT molecular complexity index is 546. The van der Waals surface area contributed by atoms with E-state index in [9.17, 15) is 8.78 Å². The molecule has 3 rings (SSSR count). The number of benzene rings is 1. The fourth-order valence-corrected chi connectivity index (χ4v) is 1.64. The van der Waals surface area contributed by atoms with Crippen molar-refractivity contribution in [1.29, 1.82) is 0 Å². The van der Waals surface area contributed by atoms with Crippen LogP contribution in [-0.2, 0) is 0 Å². The zero-order valence-corrected chi connectivity index (χ0v) is 9.00. The molecule has 2 N–H and O–H groups in total. The fraction of sp³-hybridized carbons (Fsp3) is 0.250. The van der Waals surface area contributed by atoms with E-state index in [0.29, 0.717) is 17.3 Å². The molecule has 5 heteroatoms. The van der Waals surface area contributed by atoms with Gasteiger partial charge in [0.2, 0.25) is 0 Å². The molecule has 2 aromatic rings. The van der Waals surface area contributed by atoms with E-state index < -0.39 is 11.6 Å². The Labute approximate surface area is 96.9 Å². The van der Waals surface area contributed by atoms with Gasteiger partial charge in [-0.25, -0.2) is 8.78 Å². The Hall–Kier alpha value is -1.91. The second-order valence-corrected chi connectivity index (χ2v) is 4.21. The lowest BCUT2D eigenvalue weighted by Crippen LogP contribution is -2.00. The van der Waals surface area contributed by atoms with E-state index in [1.807, 2.05) is 0 Å². The first-order chi connectivity index (χ1) is 8.22. The van der Waals surface area contributed by atoms with Crippen LogP contribution in [0.1, 0.15) is 12.8 Å². The van der Waals surface area contributed by atoms with Gasteiger partial charge < -0.3 is 5.32 Å². The van der Waals surface area contributed by atoms with Gasteiger partial charge in [-0.15, -0.1) is 0 Å². The van der Waals surface area contributed by atoms with Crippen molar-refractivity contribution in [2.45, 2.75) is 18.9 Å². The number of nitrogens with one attached hydrogen (secondary N) is 2. The van der Waals surface area contributed by atoms with Crippen molar-refractivity contribution in [2.75, 3.05) is 5.32 Å². The van der Waals surface area contributed by atoms with Crippen LogP contribution in [0.2, 0.25) is 0 Å². The standard InChI is InChI=1S/C12H11F2N3/c13-9-4-1-7(5-10(9)14)11-6-12(17-16-11)15-8-2-3-8/h1,4-6,8H,2-3H2,(H2,15,16,17). The first kappa shape index (κ1) is 10.3. The quantitative estimate of drug-likeness (QED) is 0.858. The van der Waals surface area contributed by atoms with Crippen molar-refractivity contribution < 1.29 is 8.78 Å². The predicted octanol–water partition coefficient (Wildman–Crippen LogP) is 2.93. The summed E-state index contributed by atoms with van der Waals surface area (Å²) in [5, 5.41) is 10.1. The van der Waals surface area contributed by atoms with E-state index in [0.717, 1.165) is 30.8 Å². The lowest BCUT2D eigenvalue weighted by Gasteiger charge is -1.98. The summed E-state index contributed by atoms with van der Waals surface area (Å²) in [6.07, 6.45) is 2.32. The summed E-state index contributed by atoms with van der Waals surface area (Å²) in [5.74, 6) is -0.953. The molecule has 0 spiro atoms. The molecule has 0 amide bonds. The molecule has 1 saturated carbocycles. The van der Waals surface area contributed by atoms with Gasteiger partial charge in [-0.1, -0.05) is 0 Å². The zero-order valence-electron chi connectivity index (χ0n) is 9.00. The molecule has 0 unspecified atom stereocenters. The second kappa shape index (κ2) is 3.84. The molecule has 1 fully saturated rings. The zero-order chi connectivity index (χ0) is 11.8. The highest BCUT2D eigenvalue weighted by Gasteiger charge is 2.21. The molecule has 1 aliphatic carbocycles. The lowest BCUT2D eigenvalue weighted by molar-refractivity contribution is 0.509. The molecule has 0 aliphatic heterocycles. The molecule has 1 aromatic carbocycles. The summed E-state index contributed by atoms with van der Waals surface area (Å²) in [6, 6.07) is 6.09. The minimum Gasteiger partial charge on any atom is -0.366 e. The SMILES string of the molecule is Fc1ccc(-c2cc(NC3CC3)n[nH]2)cc1F. The largest absolute Gasteiger partial charge is 0.366 e. The van der Waals surface area contributed by atoms with Crippen molar-refractivity contribution >= 4 is 5.82 Å². The van der Waals surface area contributed by atoms with Crippen LogP contribution in [0.4, 0.5) is 14.6 Å². The first-order valence-corrected chi connectivity index (χ1v) is 5.50. The number of nitrogens with zero attached hydrogens (tertiary/aromatic N) is 1. The number of halogens is 2. The highest BCUT2D eigenvalue weighted by molar-refractivity contribution is 5.62. The van der Waals surface area contributed by atoms with Crippen LogP contribution >= 0.6 is 0 Å². The van der Waals surface area contributed by atoms with Gasteiger partial charge >= 0.3 is 0 Å². The Kier molecular flexibility index (Phi) is 2.31. The number of aromatic amines is 1. The minimum atomic E-state index is -0.853. The van der Waals surface area contributed by atoms with Crippen molar-refractivity contribution in [3.05, 3.63) is 35.9 Å². The van der Waals surface area contributed by atoms with Gasteiger partial charge in [0, 0.05) is 17.7 Å². The molecular weight excluding hydrogens is 224 g/mol. The molecular formula is C12H11F2N3. The third-order valence-corrected chi connectivity index (χ3v) is 2.74. The Morgan fingerprint density at radius 1 is 1.18 bits per heavy atom. The smallest absolute Gasteiger partial charge is 0.159 e. The van der Waals surface area contributed by atoms with Gasteiger partial charge in [0.05, 0.1) is 5.69 Å². The number of anilines is 1. The summed E-state index contributed by atoms with van der Waals surface area (Å²) in [7, 11) is 0. The van der Waals surface area contributed by atoms with Crippen LogP contribution in [0.15, 0.2) is 24.3 Å². The van der Waals surface area contributed by atoms with Crippen molar-refractivity contribution in [3.8, 4) is 11.3 Å². The predicted molar refractivity (Wildman–Crippen MR) is 60.6 cm³/mol. The minimum absolute atomic E-state index is 0.510. The van der Waals surface area contributed by atoms with Crippen LogP contribution in [0.25, 0.3) is 11.3 Å². The average molecular weight is 235 g/mol. The molecule has 3 nitrogen and oxygen atoms in total. The molecule has 88 valence electrons. The molecule has 1 aliphatic rings. The van der Waals surface area contributed by atoms with E-state index >= 15 is 0 Å². The highest BCUT2D eigenvalue weighted by atomic mass is 19.2. The van der Waals surface area contributed by atoms with Crippen molar-refractivity contribution in [3.63, 3.8) is 0 Å². The van der Waals surface area contributed by atoms with Crippen LogP contribution in [0, 0.1) is 11.6 Å². The van der Waals surface area contributed by atoms with Crippen LogP contribution < -0.4 is 5.32 Å². The van der Waals surface area contributed by atoms with Gasteiger partial charge in [0.15, 0.2) is 11.6 Å². The van der Waals surface area contributed by atoms with Crippen LogP contribution in [0.5, 0.6) is 0 Å². The lowest BCUT2D eigenvalue weighted by atomic mass is 10.1. The number of hydrogen-bond donors (Lipinski definition) is 2. The maximum Gasteiger partial charge on any atom is 0.159 e. The molecule has 1 heterocycles. The maximum atomic E-state index is 13.1. The summed E-state index contributed by atoms with van der Waals surface area (Å²) >= 11 is 0. The summed E-state index contributed by atoms with van der Waals surface area (Å²) in [6.45, 7) is 0. The summed E-state index contributed by atoms with van der Waals surface area (Å²) < 4.78 is 25.9. The Morgan fingerprint density at radius 2 is 2.00 bits per heavy atom. The molecule has 0 saturated heterocycles. The van der Waals surface area contributed by atoms with Gasteiger partial charge in [-0.2, -0.15) is 5.10 Å². The number of hydrogen-bond acceptors (Lipinski definition) is 2. The topological polar surface area (TPSA) is 40.7 Å². The molecule has 17 heavy (non-hydrogen) atoms. The van der Waals surface area contributed by atoms with E-state index in [2.05, 4.69) is 15.5 Å². The van der Waals surface area contributed by atoms with Crippen LogP contribution in [-0.4, -0.2) is 16.2 Å². The second-order valence-electron chi connectivity index (χ2n) is 4.21. The number of H-pyrrole nitrogens is 1. The van der Waals surface area contributed by atoms with Gasteiger partial charge in [-0.05, 0) is 31.0 Å². The summed E-state index contributed by atoms with van der Waals surface area (Å²) in [4.78, 5) is 0. The third-order valence-electron chi connectivity index (χ3n) is 2.74. The van der Waals surface area contributed by atoms with Gasteiger partial charge in [0.1, 0.15) is 5.82 Å². The van der Waals surface area contributed by atoms with E-state index in [4.69, 9.17) is 0 Å². The average Bonchev–Trinajstić information content (AvgIpc) is 2.99. The third kappa shape index (κ3) is 2.13. The van der Waals surface area contributed by atoms with Crippen molar-refractivity contribution in [1.82, 2.24) is 10.2 Å².